The maximum absolute atomic E-state index is 13.1. The monoisotopic (exact) mass is 348 g/mol. The minimum Gasteiger partial charge on any atom is -0.348 e. The van der Waals surface area contributed by atoms with Crippen LogP contribution in [0.15, 0.2) is 35.7 Å². The van der Waals surface area contributed by atoms with Gasteiger partial charge in [-0.05, 0) is 36.5 Å². The molecule has 24 heavy (non-hydrogen) atoms. The van der Waals surface area contributed by atoms with E-state index in [-0.39, 0.29) is 29.4 Å². The normalized spacial score (nSPS) is 15.5. The summed E-state index contributed by atoms with van der Waals surface area (Å²) in [5.41, 5.74) is 0.908. The van der Waals surface area contributed by atoms with Gasteiger partial charge in [0, 0.05) is 6.04 Å². The number of hydrogen-bond acceptors (Lipinski definition) is 4. The van der Waals surface area contributed by atoms with Crippen LogP contribution < -0.4 is 5.32 Å². The first kappa shape index (κ1) is 17.0. The molecule has 3 rings (SSSR count). The SMILES string of the molecule is CC(C)C(NC(=O)CSc1nncn1C1CC1)c1ccc(F)cc1. The van der Waals surface area contributed by atoms with Crippen LogP contribution in [-0.4, -0.2) is 26.4 Å². The van der Waals surface area contributed by atoms with Gasteiger partial charge in [-0.3, -0.25) is 4.79 Å². The van der Waals surface area contributed by atoms with E-state index in [0.717, 1.165) is 23.6 Å². The quantitative estimate of drug-likeness (QED) is 0.780. The molecule has 1 heterocycles. The third kappa shape index (κ3) is 4.14. The van der Waals surface area contributed by atoms with E-state index in [4.69, 9.17) is 0 Å². The van der Waals surface area contributed by atoms with Gasteiger partial charge in [0.05, 0.1) is 11.8 Å². The number of amides is 1. The number of benzene rings is 1. The van der Waals surface area contributed by atoms with Gasteiger partial charge < -0.3 is 9.88 Å². The molecule has 2 aromatic rings. The highest BCUT2D eigenvalue weighted by Gasteiger charge is 2.26. The Balaban J connectivity index is 1.59. The van der Waals surface area contributed by atoms with E-state index >= 15 is 0 Å². The molecule has 1 fully saturated rings. The maximum Gasteiger partial charge on any atom is 0.230 e. The Morgan fingerprint density at radius 1 is 1.38 bits per heavy atom. The van der Waals surface area contributed by atoms with Crippen molar-refractivity contribution in [3.8, 4) is 0 Å². The van der Waals surface area contributed by atoms with Crippen molar-refractivity contribution in [1.82, 2.24) is 20.1 Å². The Kier molecular flexibility index (Phi) is 5.18. The predicted octanol–water partition coefficient (Wildman–Crippen LogP) is 3.36. The van der Waals surface area contributed by atoms with Gasteiger partial charge in [-0.2, -0.15) is 0 Å². The minimum absolute atomic E-state index is 0.0617. The van der Waals surface area contributed by atoms with E-state index in [2.05, 4.69) is 15.5 Å². The van der Waals surface area contributed by atoms with Crippen LogP contribution in [0.5, 0.6) is 0 Å². The van der Waals surface area contributed by atoms with Gasteiger partial charge in [0.25, 0.3) is 0 Å². The molecule has 1 atom stereocenters. The largest absolute Gasteiger partial charge is 0.348 e. The zero-order chi connectivity index (χ0) is 17.1. The van der Waals surface area contributed by atoms with Crippen LogP contribution >= 0.6 is 11.8 Å². The molecule has 1 N–H and O–H groups in total. The number of carbonyl (C=O) groups is 1. The minimum atomic E-state index is -0.275. The molecule has 0 saturated heterocycles. The van der Waals surface area contributed by atoms with Crippen molar-refractivity contribution in [2.75, 3.05) is 5.75 Å². The molecule has 1 amide bonds. The third-order valence-electron chi connectivity index (χ3n) is 4.03. The van der Waals surface area contributed by atoms with E-state index in [1.807, 2.05) is 18.4 Å². The number of hydrogen-bond donors (Lipinski definition) is 1. The van der Waals surface area contributed by atoms with Crippen molar-refractivity contribution in [3.05, 3.63) is 42.0 Å². The highest BCUT2D eigenvalue weighted by Crippen LogP contribution is 2.37. The standard InChI is InChI=1S/C17H21FN4OS/c1-11(2)16(12-3-5-13(18)6-4-12)20-15(23)9-24-17-21-19-10-22(17)14-7-8-14/h3-6,10-11,14,16H,7-9H2,1-2H3,(H,20,23). The molecular formula is C17H21FN4OS. The first-order valence-electron chi connectivity index (χ1n) is 8.11. The second kappa shape index (κ2) is 7.34. The number of nitrogens with one attached hydrogen (secondary N) is 1. The summed E-state index contributed by atoms with van der Waals surface area (Å²) in [6.45, 7) is 4.07. The number of carbonyl (C=O) groups excluding carboxylic acids is 1. The first-order chi connectivity index (χ1) is 11.5. The summed E-state index contributed by atoms with van der Waals surface area (Å²) in [6, 6.07) is 6.63. The zero-order valence-corrected chi connectivity index (χ0v) is 14.6. The lowest BCUT2D eigenvalue weighted by atomic mass is 9.96. The number of thioether (sulfide) groups is 1. The van der Waals surface area contributed by atoms with Crippen LogP contribution in [0, 0.1) is 11.7 Å². The second-order valence-electron chi connectivity index (χ2n) is 6.38. The second-order valence-corrected chi connectivity index (χ2v) is 7.32. The summed E-state index contributed by atoms with van der Waals surface area (Å²) in [4.78, 5) is 12.3. The molecule has 0 radical (unpaired) electrons. The molecule has 1 aromatic carbocycles. The van der Waals surface area contributed by atoms with Crippen LogP contribution in [0.25, 0.3) is 0 Å². The van der Waals surface area contributed by atoms with Crippen molar-refractivity contribution in [3.63, 3.8) is 0 Å². The highest BCUT2D eigenvalue weighted by atomic mass is 32.2. The number of rotatable bonds is 7. The predicted molar refractivity (Wildman–Crippen MR) is 91.1 cm³/mol. The Hall–Kier alpha value is -1.89. The van der Waals surface area contributed by atoms with Crippen molar-refractivity contribution >= 4 is 17.7 Å². The molecule has 5 nitrogen and oxygen atoms in total. The summed E-state index contributed by atoms with van der Waals surface area (Å²) >= 11 is 1.40. The third-order valence-corrected chi connectivity index (χ3v) is 4.98. The van der Waals surface area contributed by atoms with E-state index in [0.29, 0.717) is 6.04 Å². The molecule has 0 aliphatic heterocycles. The van der Waals surface area contributed by atoms with E-state index in [9.17, 15) is 9.18 Å². The van der Waals surface area contributed by atoms with E-state index in [1.54, 1.807) is 18.5 Å². The van der Waals surface area contributed by atoms with Crippen LogP contribution in [0.4, 0.5) is 4.39 Å². The summed E-state index contributed by atoms with van der Waals surface area (Å²) in [5.74, 6) is 0.158. The molecule has 1 aliphatic rings. The van der Waals surface area contributed by atoms with Gasteiger partial charge in [0.2, 0.25) is 5.91 Å². The zero-order valence-electron chi connectivity index (χ0n) is 13.8. The lowest BCUT2D eigenvalue weighted by molar-refractivity contribution is -0.119. The van der Waals surface area contributed by atoms with Gasteiger partial charge in [-0.25, -0.2) is 4.39 Å². The Morgan fingerprint density at radius 3 is 2.71 bits per heavy atom. The summed E-state index contributed by atoms with van der Waals surface area (Å²) in [5, 5.41) is 11.8. The number of halogens is 1. The van der Waals surface area contributed by atoms with Gasteiger partial charge in [-0.15, -0.1) is 10.2 Å². The molecule has 1 aromatic heterocycles. The molecule has 0 spiro atoms. The fourth-order valence-electron chi connectivity index (χ4n) is 2.59. The number of nitrogens with zero attached hydrogens (tertiary/aromatic N) is 3. The fraction of sp³-hybridized carbons (Fsp3) is 0.471. The summed E-state index contributed by atoms with van der Waals surface area (Å²) in [7, 11) is 0. The Labute approximate surface area is 145 Å². The number of aromatic nitrogens is 3. The molecule has 7 heteroatoms. The summed E-state index contributed by atoms with van der Waals surface area (Å²) in [6.07, 6.45) is 4.03. The first-order valence-corrected chi connectivity index (χ1v) is 9.10. The van der Waals surface area contributed by atoms with Crippen LogP contribution in [0.1, 0.15) is 44.3 Å². The average Bonchev–Trinajstić information content (AvgIpc) is 3.29. The van der Waals surface area contributed by atoms with Gasteiger partial charge in [0.15, 0.2) is 5.16 Å². The molecule has 0 bridgehead atoms. The molecule has 1 unspecified atom stereocenters. The molecule has 1 aliphatic carbocycles. The molecular weight excluding hydrogens is 327 g/mol. The average molecular weight is 348 g/mol. The van der Waals surface area contributed by atoms with Gasteiger partial charge in [-0.1, -0.05) is 37.7 Å². The van der Waals surface area contributed by atoms with Crippen molar-refractivity contribution < 1.29 is 9.18 Å². The summed E-state index contributed by atoms with van der Waals surface area (Å²) < 4.78 is 15.1. The van der Waals surface area contributed by atoms with Crippen molar-refractivity contribution in [2.24, 2.45) is 5.92 Å². The van der Waals surface area contributed by atoms with Crippen LogP contribution in [-0.2, 0) is 4.79 Å². The fourth-order valence-corrected chi connectivity index (χ4v) is 3.38. The van der Waals surface area contributed by atoms with Crippen molar-refractivity contribution in [1.29, 1.82) is 0 Å². The van der Waals surface area contributed by atoms with Gasteiger partial charge in [0.1, 0.15) is 12.1 Å². The Bertz CT molecular complexity index is 697. The van der Waals surface area contributed by atoms with Crippen molar-refractivity contribution in [2.45, 2.75) is 43.9 Å². The van der Waals surface area contributed by atoms with E-state index in [1.165, 1.54) is 23.9 Å². The highest BCUT2D eigenvalue weighted by molar-refractivity contribution is 7.99. The van der Waals surface area contributed by atoms with Crippen LogP contribution in [0.3, 0.4) is 0 Å². The molecule has 128 valence electrons. The Morgan fingerprint density at radius 2 is 2.08 bits per heavy atom. The smallest absolute Gasteiger partial charge is 0.230 e. The van der Waals surface area contributed by atoms with Crippen LogP contribution in [0.2, 0.25) is 0 Å². The topological polar surface area (TPSA) is 59.8 Å². The lowest BCUT2D eigenvalue weighted by Gasteiger charge is -2.23. The maximum atomic E-state index is 13.1. The van der Waals surface area contributed by atoms with Gasteiger partial charge >= 0.3 is 0 Å². The van der Waals surface area contributed by atoms with E-state index < -0.39 is 0 Å². The molecule has 1 saturated carbocycles. The lowest BCUT2D eigenvalue weighted by Crippen LogP contribution is -2.33.